The lowest BCUT2D eigenvalue weighted by Crippen LogP contribution is -2.27. The zero-order valence-corrected chi connectivity index (χ0v) is 35.4. The highest BCUT2D eigenvalue weighted by atomic mass is 15.1. The minimum absolute atomic E-state index is 0.140. The van der Waals surface area contributed by atoms with Crippen molar-refractivity contribution in [3.8, 4) is 68.0 Å². The van der Waals surface area contributed by atoms with Crippen LogP contribution >= 0.6 is 0 Å². The highest BCUT2D eigenvalue weighted by Crippen LogP contribution is 2.65. The van der Waals surface area contributed by atoms with Crippen molar-refractivity contribution in [3.63, 3.8) is 0 Å². The van der Waals surface area contributed by atoms with Gasteiger partial charge in [0.05, 0.1) is 5.41 Å². The van der Waals surface area contributed by atoms with Crippen LogP contribution < -0.4 is 4.90 Å². The van der Waals surface area contributed by atoms with E-state index < -0.39 is 5.41 Å². The molecule has 0 saturated carbocycles. The van der Waals surface area contributed by atoms with Gasteiger partial charge in [-0.05, 0) is 149 Å². The van der Waals surface area contributed by atoms with Crippen molar-refractivity contribution in [3.05, 3.63) is 251 Å². The highest BCUT2D eigenvalue weighted by molar-refractivity contribution is 5.99. The lowest BCUT2D eigenvalue weighted by Gasteiger charge is -2.33. The smallest absolute Gasteiger partial charge is 0.0732 e. The SMILES string of the molecule is C#Cc1ccc2c(c1)C1(c3cc(C=C)ccc3-2)c2ccccc2-c2cccc(-c3cccc(N(c4ccc(-c5ccccc5)cc4)c4ccc5c(c4)C(C)(C)c4ccccc4-5)c3)c21. The summed E-state index contributed by atoms with van der Waals surface area (Å²) in [5, 5.41) is 0. The molecule has 0 amide bonds. The number of fused-ring (bicyclic) bond motifs is 13. The van der Waals surface area contributed by atoms with Crippen LogP contribution in [0.4, 0.5) is 17.1 Å². The summed E-state index contributed by atoms with van der Waals surface area (Å²) in [6.07, 6.45) is 8.13. The van der Waals surface area contributed by atoms with Crippen LogP contribution in [0.1, 0.15) is 58.4 Å². The van der Waals surface area contributed by atoms with Gasteiger partial charge in [0.15, 0.2) is 0 Å². The number of anilines is 3. The first-order valence-corrected chi connectivity index (χ1v) is 21.8. The molecule has 1 heteroatoms. The molecule has 3 aliphatic rings. The maximum Gasteiger partial charge on any atom is 0.0732 e. The third-order valence-electron chi connectivity index (χ3n) is 14.1. The van der Waals surface area contributed by atoms with Gasteiger partial charge in [-0.15, -0.1) is 6.42 Å². The molecule has 3 aliphatic carbocycles. The predicted molar refractivity (Wildman–Crippen MR) is 264 cm³/mol. The van der Waals surface area contributed by atoms with E-state index >= 15 is 0 Å². The second-order valence-electron chi connectivity index (χ2n) is 17.6. The maximum atomic E-state index is 6.17. The second kappa shape index (κ2) is 13.8. The molecule has 1 nitrogen and oxygen atoms in total. The zero-order chi connectivity index (χ0) is 42.5. The van der Waals surface area contributed by atoms with Crippen LogP contribution in [-0.4, -0.2) is 0 Å². The van der Waals surface area contributed by atoms with Crippen molar-refractivity contribution < 1.29 is 0 Å². The van der Waals surface area contributed by atoms with E-state index in [0.717, 1.165) is 33.8 Å². The fourth-order valence-electron chi connectivity index (χ4n) is 11.2. The molecule has 0 N–H and O–H groups in total. The van der Waals surface area contributed by atoms with Crippen LogP contribution in [0.5, 0.6) is 0 Å². The third-order valence-corrected chi connectivity index (χ3v) is 14.1. The maximum absolute atomic E-state index is 6.17. The molecular weight excluding hydrogens is 759 g/mol. The van der Waals surface area contributed by atoms with E-state index in [4.69, 9.17) is 6.42 Å². The minimum atomic E-state index is -0.595. The predicted octanol–water partition coefficient (Wildman–Crippen LogP) is 15.8. The lowest BCUT2D eigenvalue weighted by atomic mass is 9.68. The summed E-state index contributed by atoms with van der Waals surface area (Å²) in [6, 6.07) is 73.9. The van der Waals surface area contributed by atoms with Crippen molar-refractivity contribution >= 4 is 23.1 Å². The van der Waals surface area contributed by atoms with Crippen LogP contribution in [0.15, 0.2) is 207 Å². The van der Waals surface area contributed by atoms with Crippen molar-refractivity contribution in [1.82, 2.24) is 0 Å². The quantitative estimate of drug-likeness (QED) is 0.151. The largest absolute Gasteiger partial charge is 0.310 e. The third kappa shape index (κ3) is 5.25. The Morgan fingerprint density at radius 1 is 0.429 bits per heavy atom. The van der Waals surface area contributed by atoms with Crippen molar-refractivity contribution in [2.24, 2.45) is 0 Å². The fourth-order valence-corrected chi connectivity index (χ4v) is 11.2. The molecule has 63 heavy (non-hydrogen) atoms. The molecule has 0 radical (unpaired) electrons. The summed E-state index contributed by atoms with van der Waals surface area (Å²) in [6.45, 7) is 8.92. The van der Waals surface area contributed by atoms with Gasteiger partial charge in [0.2, 0.25) is 0 Å². The molecule has 0 aromatic heterocycles. The number of terminal acetylenes is 1. The number of hydrogen-bond donors (Lipinski definition) is 0. The molecule has 0 fully saturated rings. The fraction of sp³-hybridized carbons (Fsp3) is 0.0645. The molecule has 0 saturated heterocycles. The van der Waals surface area contributed by atoms with Gasteiger partial charge in [0.1, 0.15) is 0 Å². The Bertz CT molecular complexity index is 3400. The number of benzene rings is 9. The molecule has 12 rings (SSSR count). The van der Waals surface area contributed by atoms with Gasteiger partial charge < -0.3 is 4.90 Å². The van der Waals surface area contributed by atoms with Gasteiger partial charge in [-0.2, -0.15) is 0 Å². The Hall–Kier alpha value is -7.92. The monoisotopic (exact) mass is 801 g/mol. The number of nitrogens with zero attached hydrogens (tertiary/aromatic N) is 1. The first kappa shape index (κ1) is 36.9. The summed E-state index contributed by atoms with van der Waals surface area (Å²) in [4.78, 5) is 2.43. The normalized spacial score (nSPS) is 15.4. The lowest BCUT2D eigenvalue weighted by molar-refractivity contribution is 0.660. The summed E-state index contributed by atoms with van der Waals surface area (Å²) < 4.78 is 0. The van der Waals surface area contributed by atoms with E-state index in [2.05, 4.69) is 231 Å². The van der Waals surface area contributed by atoms with Crippen molar-refractivity contribution in [2.75, 3.05) is 4.90 Å². The average Bonchev–Trinajstić information content (AvgIpc) is 3.89. The van der Waals surface area contributed by atoms with E-state index in [1.807, 2.05) is 6.08 Å². The molecular formula is C62H43N. The van der Waals surface area contributed by atoms with Crippen molar-refractivity contribution in [1.29, 1.82) is 0 Å². The Morgan fingerprint density at radius 3 is 1.76 bits per heavy atom. The summed E-state index contributed by atoms with van der Waals surface area (Å²) in [5.74, 6) is 2.97. The van der Waals surface area contributed by atoms with E-state index in [1.54, 1.807) is 0 Å². The Labute approximate surface area is 370 Å². The number of rotatable bonds is 6. The molecule has 296 valence electrons. The van der Waals surface area contributed by atoms with E-state index in [9.17, 15) is 0 Å². The van der Waals surface area contributed by atoms with Crippen LogP contribution in [-0.2, 0) is 10.8 Å². The Kier molecular flexibility index (Phi) is 8.08. The number of hydrogen-bond acceptors (Lipinski definition) is 1. The van der Waals surface area contributed by atoms with Crippen LogP contribution in [0.25, 0.3) is 61.7 Å². The summed E-state index contributed by atoms with van der Waals surface area (Å²) >= 11 is 0. The van der Waals surface area contributed by atoms with Crippen molar-refractivity contribution in [2.45, 2.75) is 24.7 Å². The van der Waals surface area contributed by atoms with Gasteiger partial charge >= 0.3 is 0 Å². The molecule has 1 unspecified atom stereocenters. The first-order valence-electron chi connectivity index (χ1n) is 21.8. The topological polar surface area (TPSA) is 3.24 Å². The van der Waals surface area contributed by atoms with Gasteiger partial charge in [0, 0.05) is 28.0 Å². The second-order valence-corrected chi connectivity index (χ2v) is 17.6. The van der Waals surface area contributed by atoms with Gasteiger partial charge in [-0.25, -0.2) is 0 Å². The van der Waals surface area contributed by atoms with E-state index in [1.165, 1.54) is 83.5 Å². The Balaban J connectivity index is 1.08. The molecule has 0 heterocycles. The standard InChI is InChI=1S/C62H43N/c1-5-40-26-33-52-53-34-27-41(6-2)37-59(53)62(58(52)36-40)56-25-13-11-21-50(56)54-23-15-22-48(60(54)62)44-18-14-19-46(38-44)63(45-30-28-43(29-31-45)42-16-8-7-9-17-42)47-32-35-51-49-20-10-12-24-55(49)61(3,4)57(51)39-47/h1,6-39H,2H2,3-4H3. The van der Waals surface area contributed by atoms with Gasteiger partial charge in [-0.1, -0.05) is 178 Å². The van der Waals surface area contributed by atoms with Crippen LogP contribution in [0.3, 0.4) is 0 Å². The molecule has 1 spiro atoms. The highest BCUT2D eigenvalue weighted by Gasteiger charge is 2.53. The van der Waals surface area contributed by atoms with Gasteiger partial charge in [-0.3, -0.25) is 0 Å². The molecule has 0 aliphatic heterocycles. The molecule has 0 bridgehead atoms. The Morgan fingerprint density at radius 2 is 0.984 bits per heavy atom. The van der Waals surface area contributed by atoms with E-state index in [-0.39, 0.29) is 5.41 Å². The summed E-state index contributed by atoms with van der Waals surface area (Å²) in [5.41, 5.74) is 24.6. The van der Waals surface area contributed by atoms with Crippen LogP contribution in [0, 0.1) is 12.3 Å². The molecule has 9 aromatic rings. The summed E-state index contributed by atoms with van der Waals surface area (Å²) in [7, 11) is 0. The minimum Gasteiger partial charge on any atom is -0.310 e. The molecule has 1 atom stereocenters. The van der Waals surface area contributed by atoms with Gasteiger partial charge in [0.25, 0.3) is 0 Å². The zero-order valence-electron chi connectivity index (χ0n) is 35.4. The van der Waals surface area contributed by atoms with Crippen LogP contribution in [0.2, 0.25) is 0 Å². The average molecular weight is 802 g/mol. The molecule has 9 aromatic carbocycles. The van der Waals surface area contributed by atoms with E-state index in [0.29, 0.717) is 0 Å². The first-order chi connectivity index (χ1) is 30.9.